The summed E-state index contributed by atoms with van der Waals surface area (Å²) in [5.41, 5.74) is 5.49. The standard InChI is InChI=1S/C17H25ClN4S/c1-5-22-11-21-17(12(2)3,10-20-13(4)19)16(22)23-15-8-6-7-14(18)9-15/h6-9,11-12,16H,5,10H2,1-4H3,(H2,19,20). The van der Waals surface area contributed by atoms with E-state index in [1.165, 1.54) is 0 Å². The van der Waals surface area contributed by atoms with E-state index >= 15 is 0 Å². The number of thioether (sulfide) groups is 1. The number of amidine groups is 1. The van der Waals surface area contributed by atoms with E-state index < -0.39 is 0 Å². The fraction of sp³-hybridized carbons (Fsp3) is 0.529. The quantitative estimate of drug-likeness (QED) is 0.624. The van der Waals surface area contributed by atoms with Gasteiger partial charge in [0.2, 0.25) is 0 Å². The number of nitrogens with two attached hydrogens (primary N) is 1. The monoisotopic (exact) mass is 352 g/mol. The summed E-state index contributed by atoms with van der Waals surface area (Å²) in [7, 11) is 0. The number of hydrogen-bond acceptors (Lipinski definition) is 4. The molecule has 0 aliphatic carbocycles. The minimum Gasteiger partial charge on any atom is -0.388 e. The Morgan fingerprint density at radius 2 is 2.26 bits per heavy atom. The van der Waals surface area contributed by atoms with Gasteiger partial charge in [-0.25, -0.2) is 0 Å². The Hall–Kier alpha value is -1.20. The average Bonchev–Trinajstić information content (AvgIpc) is 2.84. The van der Waals surface area contributed by atoms with Crippen LogP contribution in [0, 0.1) is 5.92 Å². The highest BCUT2D eigenvalue weighted by molar-refractivity contribution is 8.00. The van der Waals surface area contributed by atoms with E-state index in [-0.39, 0.29) is 10.9 Å². The summed E-state index contributed by atoms with van der Waals surface area (Å²) in [4.78, 5) is 12.8. The molecule has 1 aliphatic heterocycles. The van der Waals surface area contributed by atoms with Gasteiger partial charge in [-0.05, 0) is 38.0 Å². The van der Waals surface area contributed by atoms with Crippen molar-refractivity contribution in [2.45, 2.75) is 43.5 Å². The SMILES string of the molecule is CCN1C=NC(CN=C(C)N)(C(C)C)C1Sc1cccc(Cl)c1. The molecule has 0 saturated carbocycles. The molecule has 2 unspecified atom stereocenters. The number of aliphatic imine (C=N–C) groups is 2. The lowest BCUT2D eigenvalue weighted by atomic mass is 9.87. The molecule has 0 aromatic heterocycles. The molecule has 0 bridgehead atoms. The topological polar surface area (TPSA) is 54.0 Å². The summed E-state index contributed by atoms with van der Waals surface area (Å²) >= 11 is 7.93. The first kappa shape index (κ1) is 18.1. The highest BCUT2D eigenvalue weighted by Crippen LogP contribution is 2.42. The van der Waals surface area contributed by atoms with Crippen LogP contribution in [0.4, 0.5) is 0 Å². The third-order valence-corrected chi connectivity index (χ3v) is 5.83. The predicted molar refractivity (Wildman–Crippen MR) is 102 cm³/mol. The van der Waals surface area contributed by atoms with Crippen molar-refractivity contribution < 1.29 is 0 Å². The van der Waals surface area contributed by atoms with E-state index in [2.05, 4.69) is 36.7 Å². The maximum atomic E-state index is 6.14. The molecule has 23 heavy (non-hydrogen) atoms. The third kappa shape index (κ3) is 4.01. The molecular formula is C17H25ClN4S. The first-order valence-corrected chi connectivity index (χ1v) is 9.14. The summed E-state index contributed by atoms with van der Waals surface area (Å²) in [5.74, 6) is 0.941. The van der Waals surface area contributed by atoms with E-state index in [4.69, 9.17) is 22.3 Å². The van der Waals surface area contributed by atoms with Gasteiger partial charge in [0.25, 0.3) is 0 Å². The number of hydrogen-bond donors (Lipinski definition) is 1. The molecule has 0 fully saturated rings. The first-order chi connectivity index (χ1) is 10.9. The van der Waals surface area contributed by atoms with Crippen LogP contribution in [0.25, 0.3) is 0 Å². The second kappa shape index (κ2) is 7.58. The molecule has 1 aliphatic rings. The van der Waals surface area contributed by atoms with Crippen LogP contribution in [-0.4, -0.2) is 41.1 Å². The summed E-state index contributed by atoms with van der Waals surface area (Å²) < 4.78 is 0. The first-order valence-electron chi connectivity index (χ1n) is 7.89. The van der Waals surface area contributed by atoms with Gasteiger partial charge in [-0.3, -0.25) is 9.98 Å². The Balaban J connectivity index is 2.35. The zero-order chi connectivity index (χ0) is 17.0. The molecule has 6 heteroatoms. The van der Waals surface area contributed by atoms with Crippen molar-refractivity contribution in [1.29, 1.82) is 0 Å². The number of rotatable bonds is 6. The smallest absolute Gasteiger partial charge is 0.114 e. The van der Waals surface area contributed by atoms with Gasteiger partial charge in [-0.15, -0.1) is 0 Å². The fourth-order valence-electron chi connectivity index (χ4n) is 2.67. The molecule has 1 heterocycles. The van der Waals surface area contributed by atoms with Gasteiger partial charge in [0.1, 0.15) is 10.9 Å². The highest BCUT2D eigenvalue weighted by Gasteiger charge is 2.47. The second-order valence-corrected chi connectivity index (χ2v) is 7.70. The average molecular weight is 353 g/mol. The van der Waals surface area contributed by atoms with E-state index in [0.29, 0.717) is 18.3 Å². The molecule has 1 aromatic carbocycles. The van der Waals surface area contributed by atoms with Crippen LogP contribution >= 0.6 is 23.4 Å². The van der Waals surface area contributed by atoms with Gasteiger partial charge in [-0.1, -0.05) is 43.3 Å². The Kier molecular flexibility index (Phi) is 5.98. The van der Waals surface area contributed by atoms with Crippen molar-refractivity contribution in [3.05, 3.63) is 29.3 Å². The lowest BCUT2D eigenvalue weighted by molar-refractivity contribution is 0.257. The van der Waals surface area contributed by atoms with Crippen LogP contribution in [0.3, 0.4) is 0 Å². The van der Waals surface area contributed by atoms with Crippen molar-refractivity contribution >= 4 is 35.5 Å². The minimum atomic E-state index is -0.288. The maximum Gasteiger partial charge on any atom is 0.114 e. The number of nitrogens with zero attached hydrogens (tertiary/aromatic N) is 3. The van der Waals surface area contributed by atoms with E-state index in [9.17, 15) is 0 Å². The van der Waals surface area contributed by atoms with E-state index in [1.807, 2.05) is 31.5 Å². The Morgan fingerprint density at radius 1 is 1.52 bits per heavy atom. The van der Waals surface area contributed by atoms with Crippen LogP contribution in [0.1, 0.15) is 27.7 Å². The van der Waals surface area contributed by atoms with Gasteiger partial charge in [0.15, 0.2) is 0 Å². The van der Waals surface area contributed by atoms with Gasteiger partial charge >= 0.3 is 0 Å². The van der Waals surface area contributed by atoms with Crippen LogP contribution in [-0.2, 0) is 0 Å². The number of benzene rings is 1. The van der Waals surface area contributed by atoms with Gasteiger partial charge in [0.05, 0.1) is 18.7 Å². The van der Waals surface area contributed by atoms with Gasteiger partial charge < -0.3 is 10.6 Å². The summed E-state index contributed by atoms with van der Waals surface area (Å²) in [6, 6.07) is 7.97. The van der Waals surface area contributed by atoms with Crippen LogP contribution in [0.15, 0.2) is 39.1 Å². The minimum absolute atomic E-state index is 0.175. The molecular weight excluding hydrogens is 328 g/mol. The predicted octanol–water partition coefficient (Wildman–Crippen LogP) is 3.89. The summed E-state index contributed by atoms with van der Waals surface area (Å²) in [6.45, 7) is 9.86. The van der Waals surface area contributed by atoms with E-state index in [0.717, 1.165) is 16.5 Å². The van der Waals surface area contributed by atoms with Crippen molar-refractivity contribution in [2.24, 2.45) is 21.6 Å². The molecule has 0 amide bonds. The fourth-order valence-corrected chi connectivity index (χ4v) is 4.48. The molecule has 2 N–H and O–H groups in total. The molecule has 2 atom stereocenters. The lowest BCUT2D eigenvalue weighted by Crippen LogP contribution is -2.49. The van der Waals surface area contributed by atoms with E-state index in [1.54, 1.807) is 11.8 Å². The lowest BCUT2D eigenvalue weighted by Gasteiger charge is -2.38. The van der Waals surface area contributed by atoms with Gasteiger partial charge in [0, 0.05) is 16.5 Å². The van der Waals surface area contributed by atoms with Crippen molar-refractivity contribution in [3.63, 3.8) is 0 Å². The van der Waals surface area contributed by atoms with Crippen molar-refractivity contribution in [3.8, 4) is 0 Å². The second-order valence-electron chi connectivity index (χ2n) is 6.11. The summed E-state index contributed by atoms with van der Waals surface area (Å²) in [5, 5.41) is 0.928. The maximum absolute atomic E-state index is 6.14. The van der Waals surface area contributed by atoms with Crippen LogP contribution in [0.2, 0.25) is 5.02 Å². The number of likely N-dealkylation sites (N-methyl/N-ethyl adjacent to an activating group) is 1. The zero-order valence-electron chi connectivity index (χ0n) is 14.2. The van der Waals surface area contributed by atoms with Crippen molar-refractivity contribution in [1.82, 2.24) is 4.90 Å². The molecule has 0 saturated heterocycles. The van der Waals surface area contributed by atoms with Gasteiger partial charge in [-0.2, -0.15) is 0 Å². The largest absolute Gasteiger partial charge is 0.388 e. The van der Waals surface area contributed by atoms with Crippen LogP contribution < -0.4 is 5.73 Å². The Labute approximate surface area is 148 Å². The Bertz CT molecular complexity index is 598. The highest BCUT2D eigenvalue weighted by atomic mass is 35.5. The number of halogens is 1. The van der Waals surface area contributed by atoms with Crippen LogP contribution in [0.5, 0.6) is 0 Å². The molecule has 1 aromatic rings. The molecule has 0 radical (unpaired) electrons. The third-order valence-electron chi connectivity index (χ3n) is 4.17. The molecule has 126 valence electrons. The molecule has 0 spiro atoms. The normalized spacial score (nSPS) is 24.7. The Morgan fingerprint density at radius 3 is 2.83 bits per heavy atom. The zero-order valence-corrected chi connectivity index (χ0v) is 15.7. The molecule has 4 nitrogen and oxygen atoms in total. The molecule has 2 rings (SSSR count). The summed E-state index contributed by atoms with van der Waals surface area (Å²) in [6.07, 6.45) is 1.96. The van der Waals surface area contributed by atoms with Crippen molar-refractivity contribution in [2.75, 3.05) is 13.1 Å².